The fourth-order valence-electron chi connectivity index (χ4n) is 1.81. The molecule has 0 aromatic heterocycles. The van der Waals surface area contributed by atoms with E-state index in [1.165, 1.54) is 0 Å². The van der Waals surface area contributed by atoms with Crippen LogP contribution < -0.4 is 0 Å². The molecule has 1 heterocycles. The monoisotopic (exact) mass is 190 g/mol. The van der Waals surface area contributed by atoms with Gasteiger partial charge < -0.3 is 4.74 Å². The van der Waals surface area contributed by atoms with E-state index in [-0.39, 0.29) is 17.5 Å². The molecular weight excluding hydrogens is 176 g/mol. The molecule has 1 unspecified atom stereocenters. The first-order chi connectivity index (χ1) is 6.68. The molecule has 14 heavy (non-hydrogen) atoms. The highest BCUT2D eigenvalue weighted by Gasteiger charge is 2.53. The van der Waals surface area contributed by atoms with Crippen molar-refractivity contribution in [2.75, 3.05) is 0 Å². The highest BCUT2D eigenvalue weighted by Crippen LogP contribution is 2.49. The smallest absolute Gasteiger partial charge is 0.316 e. The van der Waals surface area contributed by atoms with Crippen molar-refractivity contribution in [1.29, 1.82) is 0 Å². The van der Waals surface area contributed by atoms with E-state index in [2.05, 4.69) is 0 Å². The van der Waals surface area contributed by atoms with Gasteiger partial charge in [-0.3, -0.25) is 4.79 Å². The molecule has 1 aliphatic rings. The van der Waals surface area contributed by atoms with Gasteiger partial charge in [-0.2, -0.15) is 0 Å². The Morgan fingerprint density at radius 1 is 1.36 bits per heavy atom. The molecule has 1 aromatic carbocycles. The lowest BCUT2D eigenvalue weighted by atomic mass is 9.74. The Hall–Kier alpha value is -1.31. The summed E-state index contributed by atoms with van der Waals surface area (Å²) in [5, 5.41) is 0. The summed E-state index contributed by atoms with van der Waals surface area (Å²) in [7, 11) is 0. The van der Waals surface area contributed by atoms with Gasteiger partial charge in [-0.15, -0.1) is 0 Å². The number of benzene rings is 1. The van der Waals surface area contributed by atoms with E-state index in [1.54, 1.807) is 0 Å². The van der Waals surface area contributed by atoms with Crippen LogP contribution in [0.2, 0.25) is 0 Å². The van der Waals surface area contributed by atoms with Gasteiger partial charge in [0.15, 0.2) is 0 Å². The van der Waals surface area contributed by atoms with Crippen molar-refractivity contribution >= 4 is 5.97 Å². The third-order valence-electron chi connectivity index (χ3n) is 3.11. The van der Waals surface area contributed by atoms with E-state index in [1.807, 2.05) is 44.2 Å². The maximum atomic E-state index is 11.3. The predicted molar refractivity (Wildman–Crippen MR) is 53.7 cm³/mol. The number of carbonyl (C=O) groups excluding carboxylic acids is 1. The van der Waals surface area contributed by atoms with Gasteiger partial charge in [0, 0.05) is 0 Å². The molecule has 74 valence electrons. The number of rotatable bonds is 2. The number of carbonyl (C=O) groups is 1. The Balaban J connectivity index is 2.27. The summed E-state index contributed by atoms with van der Waals surface area (Å²) in [6.45, 7) is 3.99. The Bertz CT molecular complexity index is 345. The van der Waals surface area contributed by atoms with Crippen molar-refractivity contribution in [3.8, 4) is 0 Å². The van der Waals surface area contributed by atoms with Crippen LogP contribution in [0.3, 0.4) is 0 Å². The van der Waals surface area contributed by atoms with E-state index in [9.17, 15) is 4.79 Å². The Morgan fingerprint density at radius 3 is 2.50 bits per heavy atom. The largest absolute Gasteiger partial charge is 0.456 e. The molecule has 0 amide bonds. The summed E-state index contributed by atoms with van der Waals surface area (Å²) in [6.07, 6.45) is 0.770. The fraction of sp³-hybridized carbons (Fsp3) is 0.417. The highest BCUT2D eigenvalue weighted by molar-refractivity contribution is 5.83. The quantitative estimate of drug-likeness (QED) is 0.670. The van der Waals surface area contributed by atoms with E-state index in [0.29, 0.717) is 0 Å². The van der Waals surface area contributed by atoms with Gasteiger partial charge in [0.05, 0.1) is 0 Å². The molecule has 1 aliphatic heterocycles. The minimum Gasteiger partial charge on any atom is -0.456 e. The first kappa shape index (κ1) is 9.25. The molecule has 1 saturated heterocycles. The molecule has 0 spiro atoms. The Labute approximate surface area is 83.9 Å². The van der Waals surface area contributed by atoms with Crippen LogP contribution in [0, 0.1) is 5.41 Å². The molecule has 0 N–H and O–H groups in total. The van der Waals surface area contributed by atoms with Crippen LogP contribution in [0.25, 0.3) is 0 Å². The van der Waals surface area contributed by atoms with E-state index >= 15 is 0 Å². The third-order valence-corrected chi connectivity index (χ3v) is 3.11. The summed E-state index contributed by atoms with van der Waals surface area (Å²) in [6, 6.07) is 9.92. The molecule has 2 atom stereocenters. The average Bonchev–Trinajstić information content (AvgIpc) is 2.25. The maximum Gasteiger partial charge on any atom is 0.316 e. The minimum absolute atomic E-state index is 0.0544. The van der Waals surface area contributed by atoms with Gasteiger partial charge in [0.1, 0.15) is 11.5 Å². The van der Waals surface area contributed by atoms with Crippen molar-refractivity contribution in [2.24, 2.45) is 5.41 Å². The molecule has 2 nitrogen and oxygen atoms in total. The van der Waals surface area contributed by atoms with Crippen molar-refractivity contribution < 1.29 is 9.53 Å². The van der Waals surface area contributed by atoms with Crippen LogP contribution in [0.1, 0.15) is 31.9 Å². The van der Waals surface area contributed by atoms with E-state index < -0.39 is 0 Å². The number of hydrogen-bond donors (Lipinski definition) is 0. The molecule has 0 bridgehead atoms. The zero-order valence-electron chi connectivity index (χ0n) is 8.49. The maximum absolute atomic E-state index is 11.3. The van der Waals surface area contributed by atoms with E-state index in [0.717, 1.165) is 12.0 Å². The molecule has 2 rings (SSSR count). The molecule has 0 radical (unpaired) electrons. The zero-order valence-corrected chi connectivity index (χ0v) is 8.49. The second kappa shape index (κ2) is 3.12. The number of ether oxygens (including phenoxy) is 1. The second-order valence-electron chi connectivity index (χ2n) is 3.97. The normalized spacial score (nSPS) is 30.7. The summed E-state index contributed by atoms with van der Waals surface area (Å²) in [4.78, 5) is 11.3. The predicted octanol–water partition coefficient (Wildman–Crippen LogP) is 2.70. The zero-order chi connectivity index (χ0) is 10.2. The lowest BCUT2D eigenvalue weighted by Crippen LogP contribution is -2.48. The second-order valence-corrected chi connectivity index (χ2v) is 3.97. The van der Waals surface area contributed by atoms with Crippen molar-refractivity contribution in [1.82, 2.24) is 0 Å². The standard InChI is InChI=1S/C12H14O2/c1-3-12(2)10(14-11(12)13)9-7-5-4-6-8-9/h4-8,10H,3H2,1-2H3/t10-,12?/m1/s1. The van der Waals surface area contributed by atoms with Gasteiger partial charge in [0.25, 0.3) is 0 Å². The van der Waals surface area contributed by atoms with Crippen LogP contribution in [-0.2, 0) is 9.53 Å². The minimum atomic E-state index is -0.318. The SMILES string of the molecule is CCC1(C)C(=O)O[C@@H]1c1ccccc1. The van der Waals surface area contributed by atoms with Gasteiger partial charge >= 0.3 is 5.97 Å². The van der Waals surface area contributed by atoms with Crippen LogP contribution >= 0.6 is 0 Å². The first-order valence-corrected chi connectivity index (χ1v) is 4.94. The first-order valence-electron chi connectivity index (χ1n) is 4.94. The van der Waals surface area contributed by atoms with Crippen LogP contribution in [0.4, 0.5) is 0 Å². The molecule has 0 saturated carbocycles. The molecular formula is C12H14O2. The average molecular weight is 190 g/mol. The highest BCUT2D eigenvalue weighted by atomic mass is 16.6. The lowest BCUT2D eigenvalue weighted by molar-refractivity contribution is -0.206. The molecule has 1 aromatic rings. The molecule has 2 heteroatoms. The van der Waals surface area contributed by atoms with Crippen LogP contribution in [0.15, 0.2) is 30.3 Å². The van der Waals surface area contributed by atoms with Crippen molar-refractivity contribution in [3.05, 3.63) is 35.9 Å². The fourth-order valence-corrected chi connectivity index (χ4v) is 1.81. The summed E-state index contributed by atoms with van der Waals surface area (Å²) < 4.78 is 5.19. The van der Waals surface area contributed by atoms with Crippen LogP contribution in [-0.4, -0.2) is 5.97 Å². The number of cyclic esters (lactones) is 1. The molecule has 1 fully saturated rings. The van der Waals surface area contributed by atoms with Crippen molar-refractivity contribution in [3.63, 3.8) is 0 Å². The van der Waals surface area contributed by atoms with E-state index in [4.69, 9.17) is 4.74 Å². The lowest BCUT2D eigenvalue weighted by Gasteiger charge is -2.44. The summed E-state index contributed by atoms with van der Waals surface area (Å²) >= 11 is 0. The van der Waals surface area contributed by atoms with Crippen LogP contribution in [0.5, 0.6) is 0 Å². The van der Waals surface area contributed by atoms with Gasteiger partial charge in [-0.1, -0.05) is 37.3 Å². The summed E-state index contributed by atoms with van der Waals surface area (Å²) in [5.41, 5.74) is 0.776. The Kier molecular flexibility index (Phi) is 2.06. The molecule has 0 aliphatic carbocycles. The number of esters is 1. The van der Waals surface area contributed by atoms with Gasteiger partial charge in [-0.25, -0.2) is 0 Å². The Morgan fingerprint density at radius 2 is 2.00 bits per heavy atom. The number of hydrogen-bond acceptors (Lipinski definition) is 2. The van der Waals surface area contributed by atoms with Gasteiger partial charge in [-0.05, 0) is 18.9 Å². The van der Waals surface area contributed by atoms with Gasteiger partial charge in [0.2, 0.25) is 0 Å². The van der Waals surface area contributed by atoms with Crippen molar-refractivity contribution in [2.45, 2.75) is 26.4 Å². The topological polar surface area (TPSA) is 26.3 Å². The summed E-state index contributed by atoms with van der Waals surface area (Å²) in [5.74, 6) is -0.0751. The third kappa shape index (κ3) is 1.14.